The van der Waals surface area contributed by atoms with Gasteiger partial charge in [-0.15, -0.1) is 0 Å². The van der Waals surface area contributed by atoms with Crippen LogP contribution >= 0.6 is 0 Å². The van der Waals surface area contributed by atoms with Crippen LogP contribution in [-0.2, 0) is 0 Å². The molecule has 2 heterocycles. The number of nitrogens with one attached hydrogen (secondary N) is 1. The molecule has 3 aromatic rings. The van der Waals surface area contributed by atoms with Gasteiger partial charge in [0.25, 0.3) is 5.56 Å². The summed E-state index contributed by atoms with van der Waals surface area (Å²) in [6, 6.07) is 9.52. The van der Waals surface area contributed by atoms with Gasteiger partial charge in [0.05, 0.1) is 5.69 Å². The predicted molar refractivity (Wildman–Crippen MR) is 62.6 cm³/mol. The van der Waals surface area contributed by atoms with Crippen LogP contribution in [-0.4, -0.2) is 15.4 Å². The Morgan fingerprint density at radius 2 is 2.00 bits per heavy atom. The second-order valence-corrected chi connectivity index (χ2v) is 3.74. The Morgan fingerprint density at radius 3 is 2.76 bits per heavy atom. The SMILES string of the molecule is Cc1noc2c(-c3ccccc3)n[nH]c(=O)c12. The van der Waals surface area contributed by atoms with E-state index < -0.39 is 0 Å². The molecular weight excluding hydrogens is 218 g/mol. The number of nitrogens with zero attached hydrogens (tertiary/aromatic N) is 2. The maximum atomic E-state index is 11.6. The normalized spacial score (nSPS) is 10.9. The Kier molecular flexibility index (Phi) is 2.04. The number of rotatable bonds is 1. The van der Waals surface area contributed by atoms with Gasteiger partial charge in [0.2, 0.25) is 5.58 Å². The number of aryl methyl sites for hydroxylation is 1. The van der Waals surface area contributed by atoms with Crippen LogP contribution in [0, 0.1) is 6.92 Å². The number of aromatic nitrogens is 3. The van der Waals surface area contributed by atoms with Gasteiger partial charge in [-0.1, -0.05) is 35.5 Å². The molecular formula is C12H9N3O2. The van der Waals surface area contributed by atoms with Crippen molar-refractivity contribution in [2.45, 2.75) is 6.92 Å². The molecule has 2 aromatic heterocycles. The van der Waals surface area contributed by atoms with E-state index >= 15 is 0 Å². The molecule has 0 spiro atoms. The highest BCUT2D eigenvalue weighted by molar-refractivity contribution is 5.90. The number of benzene rings is 1. The molecule has 1 N–H and O–H groups in total. The summed E-state index contributed by atoms with van der Waals surface area (Å²) in [6.45, 7) is 1.73. The first-order valence-electron chi connectivity index (χ1n) is 5.17. The molecule has 3 rings (SSSR count). The summed E-state index contributed by atoms with van der Waals surface area (Å²) in [4.78, 5) is 11.6. The highest BCUT2D eigenvalue weighted by atomic mass is 16.5. The third-order valence-corrected chi connectivity index (χ3v) is 2.62. The van der Waals surface area contributed by atoms with Crippen molar-refractivity contribution in [3.63, 3.8) is 0 Å². The molecule has 0 aliphatic rings. The van der Waals surface area contributed by atoms with Gasteiger partial charge in [0, 0.05) is 5.56 Å². The van der Waals surface area contributed by atoms with Crippen molar-refractivity contribution >= 4 is 11.0 Å². The zero-order valence-electron chi connectivity index (χ0n) is 9.10. The number of aromatic amines is 1. The molecule has 0 unspecified atom stereocenters. The molecule has 84 valence electrons. The molecule has 17 heavy (non-hydrogen) atoms. The van der Waals surface area contributed by atoms with Gasteiger partial charge in [-0.3, -0.25) is 4.79 Å². The Morgan fingerprint density at radius 1 is 1.24 bits per heavy atom. The first kappa shape index (κ1) is 9.77. The van der Waals surface area contributed by atoms with Crippen LogP contribution in [0.15, 0.2) is 39.6 Å². The van der Waals surface area contributed by atoms with Gasteiger partial charge >= 0.3 is 0 Å². The van der Waals surface area contributed by atoms with Crippen LogP contribution in [0.5, 0.6) is 0 Å². The van der Waals surface area contributed by atoms with Crippen LogP contribution in [0.25, 0.3) is 22.2 Å². The van der Waals surface area contributed by atoms with E-state index in [1.54, 1.807) is 6.92 Å². The van der Waals surface area contributed by atoms with Crippen molar-refractivity contribution in [1.82, 2.24) is 15.4 Å². The monoisotopic (exact) mass is 227 g/mol. The molecule has 5 heteroatoms. The van der Waals surface area contributed by atoms with E-state index in [2.05, 4.69) is 15.4 Å². The van der Waals surface area contributed by atoms with Gasteiger partial charge < -0.3 is 4.52 Å². The summed E-state index contributed by atoms with van der Waals surface area (Å²) < 4.78 is 5.18. The Balaban J connectivity index is 2.40. The van der Waals surface area contributed by atoms with Gasteiger partial charge in [0.15, 0.2) is 0 Å². The maximum Gasteiger partial charge on any atom is 0.277 e. The molecule has 0 amide bonds. The minimum atomic E-state index is -0.279. The average molecular weight is 227 g/mol. The molecule has 1 aromatic carbocycles. The minimum Gasteiger partial charge on any atom is -0.353 e. The zero-order chi connectivity index (χ0) is 11.8. The summed E-state index contributed by atoms with van der Waals surface area (Å²) in [5, 5.41) is 10.7. The fourth-order valence-corrected chi connectivity index (χ4v) is 1.80. The molecule has 0 aliphatic heterocycles. The fraction of sp³-hybridized carbons (Fsp3) is 0.0833. The van der Waals surface area contributed by atoms with E-state index in [0.717, 1.165) is 5.56 Å². The number of fused-ring (bicyclic) bond motifs is 1. The van der Waals surface area contributed by atoms with Crippen molar-refractivity contribution < 1.29 is 4.52 Å². The lowest BCUT2D eigenvalue weighted by Gasteiger charge is -1.99. The standard InChI is InChI=1S/C12H9N3O2/c1-7-9-11(17-15-7)10(13-14-12(9)16)8-5-3-2-4-6-8/h2-6H,1H3,(H,14,16). The number of hydrogen-bond donors (Lipinski definition) is 1. The second-order valence-electron chi connectivity index (χ2n) is 3.74. The molecule has 0 saturated carbocycles. The number of H-pyrrole nitrogens is 1. The van der Waals surface area contributed by atoms with Crippen LogP contribution in [0.3, 0.4) is 0 Å². The molecule has 5 nitrogen and oxygen atoms in total. The first-order chi connectivity index (χ1) is 8.27. The third-order valence-electron chi connectivity index (χ3n) is 2.62. The van der Waals surface area contributed by atoms with Crippen LogP contribution < -0.4 is 5.56 Å². The Bertz CT molecular complexity index is 728. The predicted octanol–water partition coefficient (Wildman–Crippen LogP) is 1.89. The van der Waals surface area contributed by atoms with Crippen molar-refractivity contribution in [2.24, 2.45) is 0 Å². The van der Waals surface area contributed by atoms with Crippen molar-refractivity contribution in [3.05, 3.63) is 46.4 Å². The van der Waals surface area contributed by atoms with Crippen molar-refractivity contribution in [1.29, 1.82) is 0 Å². The van der Waals surface area contributed by atoms with Gasteiger partial charge in [-0.05, 0) is 6.92 Å². The largest absolute Gasteiger partial charge is 0.353 e. The van der Waals surface area contributed by atoms with Crippen LogP contribution in [0.2, 0.25) is 0 Å². The molecule has 0 radical (unpaired) electrons. The first-order valence-corrected chi connectivity index (χ1v) is 5.17. The molecule has 0 bridgehead atoms. The average Bonchev–Trinajstić information content (AvgIpc) is 2.74. The summed E-state index contributed by atoms with van der Waals surface area (Å²) >= 11 is 0. The van der Waals surface area contributed by atoms with Gasteiger partial charge in [-0.2, -0.15) is 5.10 Å². The molecule has 0 saturated heterocycles. The molecule has 0 aliphatic carbocycles. The van der Waals surface area contributed by atoms with Crippen LogP contribution in [0.4, 0.5) is 0 Å². The fourth-order valence-electron chi connectivity index (χ4n) is 1.80. The van der Waals surface area contributed by atoms with E-state index in [-0.39, 0.29) is 5.56 Å². The Labute approximate surface area is 96.1 Å². The zero-order valence-corrected chi connectivity index (χ0v) is 9.10. The Hall–Kier alpha value is -2.43. The van der Waals surface area contributed by atoms with Crippen molar-refractivity contribution in [3.8, 4) is 11.3 Å². The lowest BCUT2D eigenvalue weighted by atomic mass is 10.1. The van der Waals surface area contributed by atoms with Gasteiger partial charge in [-0.25, -0.2) is 5.10 Å². The minimum absolute atomic E-state index is 0.279. The highest BCUT2D eigenvalue weighted by Crippen LogP contribution is 2.24. The summed E-state index contributed by atoms with van der Waals surface area (Å²) in [7, 11) is 0. The lowest BCUT2D eigenvalue weighted by Crippen LogP contribution is -2.09. The van der Waals surface area contributed by atoms with E-state index in [1.165, 1.54) is 0 Å². The summed E-state index contributed by atoms with van der Waals surface area (Å²) in [5.41, 5.74) is 2.20. The van der Waals surface area contributed by atoms with E-state index in [9.17, 15) is 4.79 Å². The van der Waals surface area contributed by atoms with E-state index in [1.807, 2.05) is 30.3 Å². The highest BCUT2D eigenvalue weighted by Gasteiger charge is 2.15. The molecule has 0 atom stereocenters. The topological polar surface area (TPSA) is 71.8 Å². The van der Waals surface area contributed by atoms with Crippen molar-refractivity contribution in [2.75, 3.05) is 0 Å². The van der Waals surface area contributed by atoms with E-state index in [4.69, 9.17) is 4.52 Å². The maximum absolute atomic E-state index is 11.6. The quantitative estimate of drug-likeness (QED) is 0.689. The third kappa shape index (κ3) is 1.44. The van der Waals surface area contributed by atoms with Gasteiger partial charge in [0.1, 0.15) is 11.1 Å². The van der Waals surface area contributed by atoms with Crippen LogP contribution in [0.1, 0.15) is 5.69 Å². The second kappa shape index (κ2) is 3.55. The lowest BCUT2D eigenvalue weighted by molar-refractivity contribution is 0.450. The summed E-state index contributed by atoms with van der Waals surface area (Å²) in [6.07, 6.45) is 0. The molecule has 0 fully saturated rings. The number of hydrogen-bond acceptors (Lipinski definition) is 4. The smallest absolute Gasteiger partial charge is 0.277 e. The summed E-state index contributed by atoms with van der Waals surface area (Å²) in [5.74, 6) is 0. The van der Waals surface area contributed by atoms with E-state index in [0.29, 0.717) is 22.4 Å².